The molecule has 2 rings (SSSR count). The number of nitrogens with zero attached hydrogens (tertiary/aromatic N) is 1. The molecule has 104 valence electrons. The number of carbonyl (C=O) groups excluding carboxylic acids is 1. The molecule has 2 aliphatic carbocycles. The third-order valence-corrected chi connectivity index (χ3v) is 4.83. The van der Waals surface area contributed by atoms with Crippen LogP contribution in [0.3, 0.4) is 0 Å². The molecule has 1 spiro atoms. The van der Waals surface area contributed by atoms with Crippen LogP contribution in [0.5, 0.6) is 0 Å². The molecule has 0 aromatic heterocycles. The van der Waals surface area contributed by atoms with E-state index in [4.69, 9.17) is 10.5 Å². The number of likely N-dealkylation sites (N-methyl/N-ethyl adjacent to an activating group) is 1. The molecular weight excluding hydrogens is 228 g/mol. The van der Waals surface area contributed by atoms with Gasteiger partial charge in [-0.25, -0.2) is 0 Å². The Labute approximate surface area is 110 Å². The Balaban J connectivity index is 2.04. The van der Waals surface area contributed by atoms with Crippen molar-refractivity contribution in [3.05, 3.63) is 0 Å². The number of amides is 1. The largest absolute Gasteiger partial charge is 0.378 e. The molecule has 0 bridgehead atoms. The van der Waals surface area contributed by atoms with Crippen LogP contribution in [0.15, 0.2) is 0 Å². The van der Waals surface area contributed by atoms with Gasteiger partial charge in [0, 0.05) is 18.1 Å². The summed E-state index contributed by atoms with van der Waals surface area (Å²) in [7, 11) is 2.02. The summed E-state index contributed by atoms with van der Waals surface area (Å²) in [6.45, 7) is 3.22. The Morgan fingerprint density at radius 2 is 2.06 bits per heavy atom. The first-order chi connectivity index (χ1) is 8.60. The van der Waals surface area contributed by atoms with Crippen molar-refractivity contribution >= 4 is 5.91 Å². The van der Waals surface area contributed by atoms with Gasteiger partial charge in [-0.2, -0.15) is 0 Å². The van der Waals surface area contributed by atoms with Crippen molar-refractivity contribution in [2.45, 2.75) is 57.6 Å². The molecule has 4 heteroatoms. The Morgan fingerprint density at radius 1 is 1.39 bits per heavy atom. The molecule has 0 aromatic rings. The fraction of sp³-hybridized carbons (Fsp3) is 0.929. The zero-order valence-electron chi connectivity index (χ0n) is 11.7. The van der Waals surface area contributed by atoms with Crippen LogP contribution < -0.4 is 5.73 Å². The Morgan fingerprint density at radius 3 is 2.61 bits per heavy atom. The maximum Gasteiger partial charge on any atom is 0.231 e. The molecule has 0 aromatic carbocycles. The minimum atomic E-state index is -0.233. The molecule has 2 atom stereocenters. The third-order valence-electron chi connectivity index (χ3n) is 4.83. The normalized spacial score (nSPS) is 30.4. The zero-order valence-corrected chi connectivity index (χ0v) is 11.7. The first-order valence-electron chi connectivity index (χ1n) is 7.20. The van der Waals surface area contributed by atoms with Crippen LogP contribution in [0.2, 0.25) is 0 Å². The SMILES string of the molecule is CCO[C@@H]1C[C@@H](N(C)CC(N)=O)C12CCCCC2. The van der Waals surface area contributed by atoms with E-state index in [1.165, 1.54) is 32.1 Å². The average Bonchev–Trinajstić information content (AvgIpc) is 2.34. The molecule has 2 saturated carbocycles. The standard InChI is InChI=1S/C14H26N2O2/c1-3-18-12-9-11(16(2)10-13(15)17)14(12)7-5-4-6-8-14/h11-12H,3-10H2,1-2H3,(H2,15,17)/t11-,12-/m1/s1. The fourth-order valence-electron chi connectivity index (χ4n) is 4.00. The summed E-state index contributed by atoms with van der Waals surface area (Å²) < 4.78 is 5.91. The van der Waals surface area contributed by atoms with E-state index in [0.717, 1.165) is 13.0 Å². The van der Waals surface area contributed by atoms with E-state index >= 15 is 0 Å². The van der Waals surface area contributed by atoms with Gasteiger partial charge in [0.05, 0.1) is 12.6 Å². The predicted octanol–water partition coefficient (Wildman–Crippen LogP) is 1.53. The maximum atomic E-state index is 11.1. The van der Waals surface area contributed by atoms with E-state index in [-0.39, 0.29) is 5.91 Å². The lowest BCUT2D eigenvalue weighted by Gasteiger charge is -2.60. The molecule has 4 nitrogen and oxygen atoms in total. The summed E-state index contributed by atoms with van der Waals surface area (Å²) in [5, 5.41) is 0. The van der Waals surface area contributed by atoms with Gasteiger partial charge in [0.15, 0.2) is 0 Å². The molecule has 2 fully saturated rings. The monoisotopic (exact) mass is 254 g/mol. The van der Waals surface area contributed by atoms with Gasteiger partial charge >= 0.3 is 0 Å². The Hall–Kier alpha value is -0.610. The van der Waals surface area contributed by atoms with Crippen molar-refractivity contribution in [3.8, 4) is 0 Å². The van der Waals surface area contributed by atoms with Crippen LogP contribution in [0.25, 0.3) is 0 Å². The number of rotatable bonds is 5. The lowest BCUT2D eigenvalue weighted by Crippen LogP contribution is -2.65. The summed E-state index contributed by atoms with van der Waals surface area (Å²) in [4.78, 5) is 13.2. The third kappa shape index (κ3) is 2.41. The van der Waals surface area contributed by atoms with E-state index in [1.54, 1.807) is 0 Å². The predicted molar refractivity (Wildman–Crippen MR) is 71.2 cm³/mol. The fourth-order valence-corrected chi connectivity index (χ4v) is 4.00. The molecule has 0 saturated heterocycles. The van der Waals surface area contributed by atoms with Gasteiger partial charge in [-0.1, -0.05) is 19.3 Å². The topological polar surface area (TPSA) is 55.6 Å². The molecule has 0 unspecified atom stereocenters. The smallest absolute Gasteiger partial charge is 0.231 e. The Bertz CT molecular complexity index is 300. The van der Waals surface area contributed by atoms with E-state index in [0.29, 0.717) is 24.1 Å². The number of primary amides is 1. The maximum absolute atomic E-state index is 11.1. The van der Waals surface area contributed by atoms with E-state index in [9.17, 15) is 4.79 Å². The minimum Gasteiger partial charge on any atom is -0.378 e. The summed E-state index contributed by atoms with van der Waals surface area (Å²) >= 11 is 0. The molecular formula is C14H26N2O2. The van der Waals surface area contributed by atoms with E-state index in [1.807, 2.05) is 7.05 Å². The molecule has 2 aliphatic rings. The van der Waals surface area contributed by atoms with Crippen LogP contribution in [0.1, 0.15) is 45.4 Å². The number of hydrogen-bond donors (Lipinski definition) is 1. The van der Waals surface area contributed by atoms with Crippen LogP contribution in [0.4, 0.5) is 0 Å². The van der Waals surface area contributed by atoms with Crippen molar-refractivity contribution in [2.75, 3.05) is 20.2 Å². The molecule has 0 aliphatic heterocycles. The molecule has 0 heterocycles. The molecule has 2 N–H and O–H groups in total. The second-order valence-corrected chi connectivity index (χ2v) is 5.87. The zero-order chi connectivity index (χ0) is 13.2. The lowest BCUT2D eigenvalue weighted by atomic mass is 9.54. The van der Waals surface area contributed by atoms with Gasteiger partial charge in [0.1, 0.15) is 0 Å². The summed E-state index contributed by atoms with van der Waals surface area (Å²) in [5.74, 6) is -0.233. The highest BCUT2D eigenvalue weighted by atomic mass is 16.5. The van der Waals surface area contributed by atoms with Crippen molar-refractivity contribution < 1.29 is 9.53 Å². The van der Waals surface area contributed by atoms with Crippen LogP contribution in [-0.4, -0.2) is 43.2 Å². The van der Waals surface area contributed by atoms with Crippen LogP contribution in [0, 0.1) is 5.41 Å². The second kappa shape index (κ2) is 5.57. The summed E-state index contributed by atoms with van der Waals surface area (Å²) in [6.07, 6.45) is 7.86. The van der Waals surface area contributed by atoms with E-state index in [2.05, 4.69) is 11.8 Å². The van der Waals surface area contributed by atoms with Crippen molar-refractivity contribution in [3.63, 3.8) is 0 Å². The number of ether oxygens (including phenoxy) is 1. The molecule has 18 heavy (non-hydrogen) atoms. The second-order valence-electron chi connectivity index (χ2n) is 5.87. The molecule has 1 amide bonds. The summed E-state index contributed by atoms with van der Waals surface area (Å²) in [5.41, 5.74) is 5.60. The number of carbonyl (C=O) groups is 1. The minimum absolute atomic E-state index is 0.233. The van der Waals surface area contributed by atoms with Gasteiger partial charge in [0.25, 0.3) is 0 Å². The van der Waals surface area contributed by atoms with Gasteiger partial charge in [-0.3, -0.25) is 9.69 Å². The van der Waals surface area contributed by atoms with Gasteiger partial charge in [0.2, 0.25) is 5.91 Å². The number of nitrogens with two attached hydrogens (primary N) is 1. The van der Waals surface area contributed by atoms with Gasteiger partial charge in [-0.05, 0) is 33.2 Å². The van der Waals surface area contributed by atoms with Crippen LogP contribution in [-0.2, 0) is 9.53 Å². The lowest BCUT2D eigenvalue weighted by molar-refractivity contribution is -0.179. The van der Waals surface area contributed by atoms with Crippen molar-refractivity contribution in [1.29, 1.82) is 0 Å². The Kier molecular flexibility index (Phi) is 4.28. The highest BCUT2D eigenvalue weighted by molar-refractivity contribution is 5.75. The van der Waals surface area contributed by atoms with Gasteiger partial charge in [-0.15, -0.1) is 0 Å². The number of hydrogen-bond acceptors (Lipinski definition) is 3. The highest BCUT2D eigenvalue weighted by Gasteiger charge is 2.56. The first-order valence-corrected chi connectivity index (χ1v) is 7.20. The van der Waals surface area contributed by atoms with Crippen molar-refractivity contribution in [1.82, 2.24) is 4.90 Å². The first kappa shape index (κ1) is 13.8. The highest BCUT2D eigenvalue weighted by Crippen LogP contribution is 2.54. The molecule has 0 radical (unpaired) electrons. The average molecular weight is 254 g/mol. The quantitative estimate of drug-likeness (QED) is 0.809. The van der Waals surface area contributed by atoms with Crippen molar-refractivity contribution in [2.24, 2.45) is 11.1 Å². The van der Waals surface area contributed by atoms with Crippen LogP contribution >= 0.6 is 0 Å². The van der Waals surface area contributed by atoms with E-state index < -0.39 is 0 Å². The summed E-state index contributed by atoms with van der Waals surface area (Å²) in [6, 6.07) is 0.474. The van der Waals surface area contributed by atoms with Gasteiger partial charge < -0.3 is 10.5 Å².